The molecule has 2 aromatic carbocycles. The highest BCUT2D eigenvalue weighted by Gasteiger charge is 2.22. The first-order valence-electron chi connectivity index (χ1n) is 11.5. The smallest absolute Gasteiger partial charge is 0.244 e. The quantitative estimate of drug-likeness (QED) is 0.509. The van der Waals surface area contributed by atoms with Crippen LogP contribution in [0.3, 0.4) is 0 Å². The molecule has 1 aliphatic carbocycles. The number of nitrogens with one attached hydrogen (secondary N) is 2. The highest BCUT2D eigenvalue weighted by atomic mass is 16.2. The van der Waals surface area contributed by atoms with Gasteiger partial charge in [0.15, 0.2) is 0 Å². The van der Waals surface area contributed by atoms with Gasteiger partial charge in [0.05, 0.1) is 11.4 Å². The van der Waals surface area contributed by atoms with Gasteiger partial charge in [0.1, 0.15) is 0 Å². The fraction of sp³-hybridized carbons (Fsp3) is 0.296. The number of hydrogen-bond donors (Lipinski definition) is 2. The van der Waals surface area contributed by atoms with Gasteiger partial charge in [-0.2, -0.15) is 5.10 Å². The molecule has 2 amide bonds. The fourth-order valence-corrected chi connectivity index (χ4v) is 4.32. The minimum absolute atomic E-state index is 0.0957. The van der Waals surface area contributed by atoms with Crippen LogP contribution in [-0.2, 0) is 16.1 Å². The number of nitrogens with zero attached hydrogens (tertiary/aromatic N) is 2. The molecule has 1 aromatic heterocycles. The van der Waals surface area contributed by atoms with E-state index in [1.54, 1.807) is 0 Å². The lowest BCUT2D eigenvalue weighted by Crippen LogP contribution is -2.21. The van der Waals surface area contributed by atoms with Gasteiger partial charge in [-0.1, -0.05) is 43.2 Å². The number of rotatable bonds is 7. The molecule has 6 heteroatoms. The summed E-state index contributed by atoms with van der Waals surface area (Å²) >= 11 is 0. The van der Waals surface area contributed by atoms with Crippen molar-refractivity contribution in [1.29, 1.82) is 0 Å². The van der Waals surface area contributed by atoms with Gasteiger partial charge in [-0.05, 0) is 62.6 Å². The van der Waals surface area contributed by atoms with E-state index in [1.807, 2.05) is 79.2 Å². The first kappa shape index (κ1) is 22.5. The highest BCUT2D eigenvalue weighted by Crippen LogP contribution is 2.26. The molecule has 170 valence electrons. The zero-order valence-corrected chi connectivity index (χ0v) is 19.2. The van der Waals surface area contributed by atoms with Gasteiger partial charge in [-0.3, -0.25) is 9.59 Å². The van der Waals surface area contributed by atoms with Crippen LogP contribution >= 0.6 is 0 Å². The molecule has 0 saturated heterocycles. The van der Waals surface area contributed by atoms with E-state index in [2.05, 4.69) is 15.7 Å². The van der Waals surface area contributed by atoms with Crippen molar-refractivity contribution in [2.45, 2.75) is 46.1 Å². The summed E-state index contributed by atoms with van der Waals surface area (Å²) in [7, 11) is 0. The van der Waals surface area contributed by atoms with Crippen LogP contribution in [0.4, 0.5) is 5.69 Å². The Hall–Kier alpha value is -3.67. The number of aromatic nitrogens is 2. The maximum absolute atomic E-state index is 12.4. The van der Waals surface area contributed by atoms with Crippen molar-refractivity contribution in [2.75, 3.05) is 5.32 Å². The molecule has 0 spiro atoms. The summed E-state index contributed by atoms with van der Waals surface area (Å²) in [6.07, 6.45) is 7.55. The van der Waals surface area contributed by atoms with Crippen LogP contribution in [0.25, 0.3) is 11.8 Å². The lowest BCUT2D eigenvalue weighted by molar-refractivity contribution is -0.119. The zero-order chi connectivity index (χ0) is 23.2. The summed E-state index contributed by atoms with van der Waals surface area (Å²) in [6, 6.07) is 17.6. The number of aryl methyl sites for hydroxylation is 1. The van der Waals surface area contributed by atoms with E-state index < -0.39 is 0 Å². The minimum atomic E-state index is -0.179. The number of hydrogen-bond acceptors (Lipinski definition) is 3. The van der Waals surface area contributed by atoms with E-state index in [-0.39, 0.29) is 17.7 Å². The summed E-state index contributed by atoms with van der Waals surface area (Å²) in [5.74, 6) is 0.0386. The number of para-hydroxylation sites is 1. The van der Waals surface area contributed by atoms with E-state index in [1.165, 1.54) is 6.08 Å². The number of carbonyl (C=O) groups excluding carboxylic acids is 2. The van der Waals surface area contributed by atoms with Gasteiger partial charge in [-0.25, -0.2) is 4.68 Å². The van der Waals surface area contributed by atoms with Crippen molar-refractivity contribution in [3.63, 3.8) is 0 Å². The average molecular weight is 443 g/mol. The standard InChI is InChI=1S/C27H30N4O2/c1-19-25(20(2)31(30-19)24-13-4-3-5-14-24)15-16-26(32)28-18-21-9-8-12-23(17-21)29-27(33)22-10-6-7-11-22/h3-5,8-9,12-17,22H,6-7,10-11,18H2,1-2H3,(H,28,32)(H,29,33). The number of anilines is 1. The summed E-state index contributed by atoms with van der Waals surface area (Å²) in [6.45, 7) is 4.32. The highest BCUT2D eigenvalue weighted by molar-refractivity contribution is 5.93. The molecule has 3 aromatic rings. The van der Waals surface area contributed by atoms with Gasteiger partial charge in [0, 0.05) is 35.5 Å². The van der Waals surface area contributed by atoms with Gasteiger partial charge in [0.25, 0.3) is 0 Å². The summed E-state index contributed by atoms with van der Waals surface area (Å²) < 4.78 is 1.89. The molecular formula is C27H30N4O2. The topological polar surface area (TPSA) is 76.0 Å². The Morgan fingerprint density at radius 2 is 1.82 bits per heavy atom. The van der Waals surface area contributed by atoms with Gasteiger partial charge in [0.2, 0.25) is 11.8 Å². The van der Waals surface area contributed by atoms with E-state index in [9.17, 15) is 9.59 Å². The van der Waals surface area contributed by atoms with Crippen molar-refractivity contribution in [3.05, 3.63) is 83.2 Å². The third-order valence-electron chi connectivity index (χ3n) is 6.14. The number of amides is 2. The third kappa shape index (κ3) is 5.58. The molecule has 0 radical (unpaired) electrons. The van der Waals surface area contributed by atoms with Gasteiger partial charge >= 0.3 is 0 Å². The van der Waals surface area contributed by atoms with Crippen LogP contribution in [0.2, 0.25) is 0 Å². The molecule has 2 N–H and O–H groups in total. The van der Waals surface area contributed by atoms with Gasteiger partial charge < -0.3 is 10.6 Å². The van der Waals surface area contributed by atoms with Crippen LogP contribution in [0, 0.1) is 19.8 Å². The molecular weight excluding hydrogens is 412 g/mol. The second-order valence-corrected chi connectivity index (χ2v) is 8.55. The fourth-order valence-electron chi connectivity index (χ4n) is 4.32. The second kappa shape index (κ2) is 10.3. The number of carbonyl (C=O) groups is 2. The third-order valence-corrected chi connectivity index (χ3v) is 6.14. The minimum Gasteiger partial charge on any atom is -0.348 e. The van der Waals surface area contributed by atoms with Crippen molar-refractivity contribution >= 4 is 23.6 Å². The molecule has 33 heavy (non-hydrogen) atoms. The van der Waals surface area contributed by atoms with Crippen LogP contribution in [-0.4, -0.2) is 21.6 Å². The predicted octanol–water partition coefficient (Wildman–Crippen LogP) is 4.95. The van der Waals surface area contributed by atoms with E-state index >= 15 is 0 Å². The summed E-state index contributed by atoms with van der Waals surface area (Å²) in [4.78, 5) is 24.8. The van der Waals surface area contributed by atoms with Crippen molar-refractivity contribution < 1.29 is 9.59 Å². The maximum atomic E-state index is 12.4. The Kier molecular flexibility index (Phi) is 7.03. The van der Waals surface area contributed by atoms with Gasteiger partial charge in [-0.15, -0.1) is 0 Å². The van der Waals surface area contributed by atoms with Crippen LogP contribution in [0.5, 0.6) is 0 Å². The van der Waals surface area contributed by atoms with Crippen LogP contribution in [0.15, 0.2) is 60.7 Å². The van der Waals surface area contributed by atoms with Crippen LogP contribution in [0.1, 0.15) is 48.2 Å². The molecule has 1 fully saturated rings. The monoisotopic (exact) mass is 442 g/mol. The number of benzene rings is 2. The second-order valence-electron chi connectivity index (χ2n) is 8.55. The predicted molar refractivity (Wildman–Crippen MR) is 131 cm³/mol. The lowest BCUT2D eigenvalue weighted by Gasteiger charge is -2.11. The zero-order valence-electron chi connectivity index (χ0n) is 19.2. The average Bonchev–Trinajstić information content (AvgIpc) is 3.46. The molecule has 0 unspecified atom stereocenters. The van der Waals surface area contributed by atoms with Crippen molar-refractivity contribution in [1.82, 2.24) is 15.1 Å². The van der Waals surface area contributed by atoms with Crippen LogP contribution < -0.4 is 10.6 Å². The van der Waals surface area contributed by atoms with Crippen molar-refractivity contribution in [2.24, 2.45) is 5.92 Å². The first-order chi connectivity index (χ1) is 16.0. The molecule has 0 aliphatic heterocycles. The Morgan fingerprint density at radius 1 is 1.06 bits per heavy atom. The largest absolute Gasteiger partial charge is 0.348 e. The lowest BCUT2D eigenvalue weighted by atomic mass is 10.1. The van der Waals surface area contributed by atoms with Crippen molar-refractivity contribution in [3.8, 4) is 5.69 Å². The normalized spacial score (nSPS) is 14.0. The molecule has 1 saturated carbocycles. The Labute approximate surface area is 194 Å². The molecule has 4 rings (SSSR count). The molecule has 1 heterocycles. The van der Waals surface area contributed by atoms with E-state index in [4.69, 9.17) is 0 Å². The SMILES string of the molecule is Cc1nn(-c2ccccc2)c(C)c1C=CC(=O)NCc1cccc(NC(=O)C2CCCC2)c1. The molecule has 6 nitrogen and oxygen atoms in total. The Bertz CT molecular complexity index is 1160. The van der Waals surface area contributed by atoms with E-state index in [0.29, 0.717) is 6.54 Å². The molecule has 0 bridgehead atoms. The molecule has 0 atom stereocenters. The first-order valence-corrected chi connectivity index (χ1v) is 11.5. The van der Waals surface area contributed by atoms with E-state index in [0.717, 1.165) is 59.6 Å². The molecule has 1 aliphatic rings. The Morgan fingerprint density at radius 3 is 2.58 bits per heavy atom. The Balaban J connectivity index is 1.35. The maximum Gasteiger partial charge on any atom is 0.244 e. The summed E-state index contributed by atoms with van der Waals surface area (Å²) in [5.41, 5.74) is 5.48. The summed E-state index contributed by atoms with van der Waals surface area (Å²) in [5, 5.41) is 10.5.